The summed E-state index contributed by atoms with van der Waals surface area (Å²) >= 11 is 0. The van der Waals surface area contributed by atoms with E-state index in [0.717, 1.165) is 5.56 Å². The molecule has 0 saturated carbocycles. The van der Waals surface area contributed by atoms with E-state index in [9.17, 15) is 13.2 Å². The maximum absolute atomic E-state index is 12.4. The fourth-order valence-corrected chi connectivity index (χ4v) is 2.26. The van der Waals surface area contributed by atoms with E-state index in [-0.39, 0.29) is 12.2 Å². The first-order valence-electron chi connectivity index (χ1n) is 7.23. The van der Waals surface area contributed by atoms with Gasteiger partial charge in [0, 0.05) is 23.8 Å². The van der Waals surface area contributed by atoms with Crippen LogP contribution < -0.4 is 0 Å². The average Bonchev–Trinajstić information content (AvgIpc) is 2.80. The maximum Gasteiger partial charge on any atom is 0.572 e. The van der Waals surface area contributed by atoms with Gasteiger partial charge in [0.25, 0.3) is 0 Å². The Bertz CT molecular complexity index is 809. The molecule has 0 spiro atoms. The molecule has 122 valence electrons. The number of nitrogens with zero attached hydrogens (tertiary/aromatic N) is 2. The summed E-state index contributed by atoms with van der Waals surface area (Å²) in [4.78, 5) is 8.61. The molecule has 0 atom stereocenters. The maximum atomic E-state index is 12.4. The molecular weight excluding hydrogens is 317 g/mol. The molecule has 0 aliphatic heterocycles. The number of hydrogen-bond acceptors (Lipinski definition) is 3. The number of ether oxygens (including phenoxy) is 1. The van der Waals surface area contributed by atoms with Crippen LogP contribution in [0.25, 0.3) is 16.8 Å². The number of aromatic nitrogens is 2. The lowest BCUT2D eigenvalue weighted by molar-refractivity contribution is -0.305. The number of benzene rings is 1. The first-order valence-corrected chi connectivity index (χ1v) is 7.23. The summed E-state index contributed by atoms with van der Waals surface area (Å²) in [5.74, 6) is 0.141. The molecule has 1 aromatic carbocycles. The van der Waals surface area contributed by atoms with Crippen molar-refractivity contribution in [2.75, 3.05) is 0 Å². The molecule has 6 heteroatoms. The van der Waals surface area contributed by atoms with Gasteiger partial charge in [-0.3, -0.25) is 0 Å². The van der Waals surface area contributed by atoms with Crippen molar-refractivity contribution in [1.82, 2.24) is 9.97 Å². The predicted molar refractivity (Wildman–Crippen MR) is 84.4 cm³/mol. The van der Waals surface area contributed by atoms with Crippen LogP contribution in [0.2, 0.25) is 0 Å². The van der Waals surface area contributed by atoms with E-state index >= 15 is 0 Å². The fourth-order valence-electron chi connectivity index (χ4n) is 2.26. The van der Waals surface area contributed by atoms with Crippen molar-refractivity contribution in [1.29, 1.82) is 0 Å². The van der Waals surface area contributed by atoms with Crippen LogP contribution in [-0.2, 0) is 4.74 Å². The zero-order valence-corrected chi connectivity index (χ0v) is 12.5. The van der Waals surface area contributed by atoms with Crippen molar-refractivity contribution in [3.8, 4) is 11.3 Å². The second-order valence-corrected chi connectivity index (χ2v) is 5.04. The van der Waals surface area contributed by atoms with Gasteiger partial charge in [0.1, 0.15) is 5.76 Å². The Morgan fingerprint density at radius 2 is 1.83 bits per heavy atom. The molecule has 0 fully saturated rings. The summed E-state index contributed by atoms with van der Waals surface area (Å²) in [6.45, 7) is 0. The Morgan fingerprint density at radius 1 is 1.04 bits per heavy atom. The van der Waals surface area contributed by atoms with Gasteiger partial charge in [0.2, 0.25) is 0 Å². The van der Waals surface area contributed by atoms with Crippen LogP contribution in [-0.4, -0.2) is 16.3 Å². The van der Waals surface area contributed by atoms with Gasteiger partial charge >= 0.3 is 6.36 Å². The molecule has 0 saturated heterocycles. The lowest BCUT2D eigenvalue weighted by Crippen LogP contribution is -2.12. The van der Waals surface area contributed by atoms with Gasteiger partial charge in [0.15, 0.2) is 5.82 Å². The van der Waals surface area contributed by atoms with Crippen LogP contribution in [0.15, 0.2) is 72.7 Å². The molecule has 0 bridgehead atoms. The van der Waals surface area contributed by atoms with E-state index in [2.05, 4.69) is 14.7 Å². The minimum Gasteiger partial charge on any atom is -0.410 e. The highest BCUT2D eigenvalue weighted by atomic mass is 19.4. The highest BCUT2D eigenvalue weighted by Crippen LogP contribution is 2.27. The highest BCUT2D eigenvalue weighted by Gasteiger charge is 2.32. The largest absolute Gasteiger partial charge is 0.572 e. The summed E-state index contributed by atoms with van der Waals surface area (Å²) < 4.78 is 41.4. The molecule has 0 N–H and O–H groups in total. The summed E-state index contributed by atoms with van der Waals surface area (Å²) in [7, 11) is 0. The summed E-state index contributed by atoms with van der Waals surface area (Å²) in [5, 5.41) is 0. The van der Waals surface area contributed by atoms with Gasteiger partial charge in [-0.1, -0.05) is 48.6 Å². The fraction of sp³-hybridized carbons (Fsp3) is 0.111. The van der Waals surface area contributed by atoms with Gasteiger partial charge in [-0.05, 0) is 12.1 Å². The Labute approximate surface area is 136 Å². The monoisotopic (exact) mass is 330 g/mol. The third kappa shape index (κ3) is 4.10. The van der Waals surface area contributed by atoms with Gasteiger partial charge in [-0.25, -0.2) is 9.97 Å². The minimum atomic E-state index is -4.72. The van der Waals surface area contributed by atoms with Gasteiger partial charge in [-0.15, -0.1) is 13.2 Å². The van der Waals surface area contributed by atoms with Gasteiger partial charge in [0.05, 0.1) is 5.69 Å². The van der Waals surface area contributed by atoms with Crippen LogP contribution in [0.5, 0.6) is 0 Å². The zero-order valence-electron chi connectivity index (χ0n) is 12.5. The summed E-state index contributed by atoms with van der Waals surface area (Å²) in [6, 6.07) is 11.2. The molecule has 3 nitrogen and oxygen atoms in total. The van der Waals surface area contributed by atoms with Crippen molar-refractivity contribution in [2.24, 2.45) is 0 Å². The first-order chi connectivity index (χ1) is 11.5. The Balaban J connectivity index is 1.94. The van der Waals surface area contributed by atoms with Crippen molar-refractivity contribution in [3.05, 3.63) is 78.5 Å². The molecule has 24 heavy (non-hydrogen) atoms. The SMILES string of the molecule is FC(F)(F)OC1=CC(c2nccc(-c3ccccc3)n2)=CC=CC1. The van der Waals surface area contributed by atoms with Crippen molar-refractivity contribution < 1.29 is 17.9 Å². The average molecular weight is 330 g/mol. The predicted octanol–water partition coefficient (Wildman–Crippen LogP) is 4.91. The third-order valence-electron chi connectivity index (χ3n) is 3.28. The van der Waals surface area contributed by atoms with Crippen molar-refractivity contribution in [3.63, 3.8) is 0 Å². The topological polar surface area (TPSA) is 35.0 Å². The molecule has 0 unspecified atom stereocenters. The highest BCUT2D eigenvalue weighted by molar-refractivity contribution is 5.73. The molecule has 2 aromatic rings. The normalized spacial score (nSPS) is 14.6. The Morgan fingerprint density at radius 3 is 2.58 bits per heavy atom. The summed E-state index contributed by atoms with van der Waals surface area (Å²) in [5.41, 5.74) is 2.06. The number of hydrogen-bond donors (Lipinski definition) is 0. The third-order valence-corrected chi connectivity index (χ3v) is 3.28. The Hall–Kier alpha value is -2.89. The van der Waals surface area contributed by atoms with Gasteiger partial charge in [-0.2, -0.15) is 0 Å². The molecule has 1 aliphatic carbocycles. The second kappa shape index (κ2) is 6.70. The first kappa shape index (κ1) is 16.0. The lowest BCUT2D eigenvalue weighted by atomic mass is 10.1. The van der Waals surface area contributed by atoms with E-state index < -0.39 is 6.36 Å². The van der Waals surface area contributed by atoms with E-state index in [1.807, 2.05) is 30.3 Å². The number of alkyl halides is 3. The van der Waals surface area contributed by atoms with Crippen molar-refractivity contribution >= 4 is 5.57 Å². The van der Waals surface area contributed by atoms with Crippen LogP contribution >= 0.6 is 0 Å². The molecule has 0 radical (unpaired) electrons. The van der Waals surface area contributed by atoms with Crippen LogP contribution in [0, 0.1) is 0 Å². The standard InChI is InChI=1S/C18H13F3N2O/c19-18(20,21)24-15-9-5-4-8-14(12-15)17-22-11-10-16(23-17)13-6-2-1-3-7-13/h1-8,10-12H,9H2. The smallest absolute Gasteiger partial charge is 0.410 e. The number of rotatable bonds is 3. The Kier molecular flexibility index (Phi) is 4.46. The number of halogens is 3. The van der Waals surface area contributed by atoms with E-state index in [0.29, 0.717) is 17.1 Å². The zero-order chi connectivity index (χ0) is 17.0. The molecule has 1 aliphatic rings. The molecule has 3 rings (SSSR count). The van der Waals surface area contributed by atoms with E-state index in [4.69, 9.17) is 0 Å². The molecule has 0 amide bonds. The van der Waals surface area contributed by atoms with Crippen molar-refractivity contribution in [2.45, 2.75) is 12.8 Å². The number of allylic oxidation sites excluding steroid dienone is 5. The quantitative estimate of drug-likeness (QED) is 0.802. The van der Waals surface area contributed by atoms with Crippen LogP contribution in [0.3, 0.4) is 0 Å². The van der Waals surface area contributed by atoms with Crippen LogP contribution in [0.4, 0.5) is 13.2 Å². The minimum absolute atomic E-state index is 0.0535. The van der Waals surface area contributed by atoms with Crippen LogP contribution in [0.1, 0.15) is 12.2 Å². The molecule has 1 aromatic heterocycles. The second-order valence-electron chi connectivity index (χ2n) is 5.04. The molecular formula is C18H13F3N2O. The summed E-state index contributed by atoms with van der Waals surface area (Å²) in [6.07, 6.45) is 3.15. The van der Waals surface area contributed by atoms with E-state index in [1.165, 1.54) is 6.08 Å². The van der Waals surface area contributed by atoms with Gasteiger partial charge < -0.3 is 4.74 Å². The van der Waals surface area contributed by atoms with E-state index in [1.54, 1.807) is 30.5 Å². The lowest BCUT2D eigenvalue weighted by Gasteiger charge is -2.11. The molecule has 1 heterocycles.